The van der Waals surface area contributed by atoms with Crippen LogP contribution >= 0.6 is 0 Å². The minimum absolute atomic E-state index is 0.0735. The molecule has 0 aliphatic heterocycles. The molecule has 2 heterocycles. The van der Waals surface area contributed by atoms with E-state index >= 15 is 0 Å². The number of anilines is 2. The largest absolute Gasteiger partial charge is 0.397 e. The van der Waals surface area contributed by atoms with Gasteiger partial charge in [0.2, 0.25) is 5.91 Å². The van der Waals surface area contributed by atoms with Crippen LogP contribution in [0.15, 0.2) is 24.7 Å². The van der Waals surface area contributed by atoms with E-state index in [0.717, 1.165) is 12.8 Å². The number of amides is 2. The van der Waals surface area contributed by atoms with Crippen LogP contribution in [0.2, 0.25) is 0 Å². The van der Waals surface area contributed by atoms with Gasteiger partial charge >= 0.3 is 0 Å². The van der Waals surface area contributed by atoms with E-state index in [4.69, 9.17) is 5.73 Å². The van der Waals surface area contributed by atoms with E-state index in [1.807, 2.05) is 0 Å². The average Bonchev–Trinajstić information content (AvgIpc) is 2.95. The van der Waals surface area contributed by atoms with E-state index in [2.05, 4.69) is 20.7 Å². The molecule has 1 aliphatic carbocycles. The first-order valence-electron chi connectivity index (χ1n) is 6.67. The predicted molar refractivity (Wildman–Crippen MR) is 76.6 cm³/mol. The van der Waals surface area contributed by atoms with Gasteiger partial charge in [-0.15, -0.1) is 0 Å². The van der Waals surface area contributed by atoms with Crippen LogP contribution in [0.3, 0.4) is 0 Å². The Morgan fingerprint density at radius 2 is 2.29 bits per heavy atom. The number of H-pyrrole nitrogens is 1. The fraction of sp³-hybridized carbons (Fsp3) is 0.308. The van der Waals surface area contributed by atoms with Gasteiger partial charge in [-0.1, -0.05) is 0 Å². The summed E-state index contributed by atoms with van der Waals surface area (Å²) >= 11 is 0. The Bertz CT molecular complexity index is 670. The lowest BCUT2D eigenvalue weighted by Crippen LogP contribution is -2.29. The number of hydrogen-bond donors (Lipinski definition) is 4. The normalized spacial score (nSPS) is 13.9. The molecule has 21 heavy (non-hydrogen) atoms. The summed E-state index contributed by atoms with van der Waals surface area (Å²) < 4.78 is 1.48. The first kappa shape index (κ1) is 13.2. The molecule has 0 atom stereocenters. The SMILES string of the molecule is Nc1c[nH]c(C(=O)Nc2cnn(CC(=O)NC3CC3)c2)c1. The number of carbonyl (C=O) groups is 2. The van der Waals surface area contributed by atoms with Crippen molar-refractivity contribution in [3.8, 4) is 0 Å². The maximum atomic E-state index is 11.9. The van der Waals surface area contributed by atoms with Crippen molar-refractivity contribution in [3.63, 3.8) is 0 Å². The van der Waals surface area contributed by atoms with Crippen molar-refractivity contribution in [2.24, 2.45) is 0 Å². The minimum atomic E-state index is -0.311. The van der Waals surface area contributed by atoms with Crippen molar-refractivity contribution in [2.75, 3.05) is 11.1 Å². The molecule has 0 radical (unpaired) electrons. The van der Waals surface area contributed by atoms with Gasteiger partial charge in [0, 0.05) is 24.1 Å². The molecule has 0 bridgehead atoms. The molecule has 8 nitrogen and oxygen atoms in total. The quantitative estimate of drug-likeness (QED) is 0.633. The lowest BCUT2D eigenvalue weighted by Gasteiger charge is -2.03. The topological polar surface area (TPSA) is 118 Å². The number of nitrogens with one attached hydrogen (secondary N) is 3. The summed E-state index contributed by atoms with van der Waals surface area (Å²) in [7, 11) is 0. The van der Waals surface area contributed by atoms with Gasteiger partial charge in [0.15, 0.2) is 0 Å². The third-order valence-corrected chi connectivity index (χ3v) is 3.09. The predicted octanol–water partition coefficient (Wildman–Crippen LogP) is 0.324. The van der Waals surface area contributed by atoms with E-state index in [-0.39, 0.29) is 18.4 Å². The maximum absolute atomic E-state index is 11.9. The number of nitrogens with two attached hydrogens (primary N) is 1. The molecule has 3 rings (SSSR count). The van der Waals surface area contributed by atoms with Crippen LogP contribution in [0.1, 0.15) is 23.3 Å². The zero-order chi connectivity index (χ0) is 14.8. The monoisotopic (exact) mass is 288 g/mol. The summed E-state index contributed by atoms with van der Waals surface area (Å²) in [6.07, 6.45) is 6.74. The van der Waals surface area contributed by atoms with E-state index in [1.165, 1.54) is 10.9 Å². The van der Waals surface area contributed by atoms with Crippen LogP contribution in [-0.2, 0) is 11.3 Å². The Morgan fingerprint density at radius 3 is 2.95 bits per heavy atom. The smallest absolute Gasteiger partial charge is 0.272 e. The molecule has 8 heteroatoms. The Kier molecular flexibility index (Phi) is 3.35. The second-order valence-electron chi connectivity index (χ2n) is 5.07. The van der Waals surface area contributed by atoms with Crippen LogP contribution < -0.4 is 16.4 Å². The number of aromatic amines is 1. The molecule has 0 saturated heterocycles. The highest BCUT2D eigenvalue weighted by Gasteiger charge is 2.23. The van der Waals surface area contributed by atoms with E-state index in [9.17, 15) is 9.59 Å². The highest BCUT2D eigenvalue weighted by Crippen LogP contribution is 2.18. The Balaban J connectivity index is 1.56. The molecule has 1 saturated carbocycles. The minimum Gasteiger partial charge on any atom is -0.397 e. The Hall–Kier alpha value is -2.77. The third kappa shape index (κ3) is 3.41. The number of carbonyl (C=O) groups excluding carboxylic acids is 2. The highest BCUT2D eigenvalue weighted by molar-refractivity contribution is 6.03. The summed E-state index contributed by atoms with van der Waals surface area (Å²) in [5, 5.41) is 9.59. The van der Waals surface area contributed by atoms with Crippen molar-refractivity contribution in [2.45, 2.75) is 25.4 Å². The first-order chi connectivity index (χ1) is 10.1. The number of nitrogen functional groups attached to an aromatic ring is 1. The highest BCUT2D eigenvalue weighted by atomic mass is 16.2. The number of hydrogen-bond acceptors (Lipinski definition) is 4. The molecular formula is C13H16N6O2. The van der Waals surface area contributed by atoms with Gasteiger partial charge in [-0.05, 0) is 18.9 Å². The summed E-state index contributed by atoms with van der Waals surface area (Å²) in [6, 6.07) is 1.87. The van der Waals surface area contributed by atoms with Gasteiger partial charge in [0.25, 0.3) is 5.91 Å². The lowest BCUT2D eigenvalue weighted by atomic mass is 10.4. The van der Waals surface area contributed by atoms with Gasteiger partial charge in [0.1, 0.15) is 12.2 Å². The molecule has 1 aliphatic rings. The van der Waals surface area contributed by atoms with Gasteiger partial charge in [-0.2, -0.15) is 5.10 Å². The summed E-state index contributed by atoms with van der Waals surface area (Å²) in [5.41, 5.74) is 6.92. The summed E-state index contributed by atoms with van der Waals surface area (Å²) in [5.74, 6) is -0.385. The van der Waals surface area contributed by atoms with Crippen LogP contribution in [0.5, 0.6) is 0 Å². The van der Waals surface area contributed by atoms with Crippen LogP contribution in [0.25, 0.3) is 0 Å². The van der Waals surface area contributed by atoms with Gasteiger partial charge in [-0.3, -0.25) is 14.3 Å². The number of nitrogens with zero attached hydrogens (tertiary/aromatic N) is 2. The Morgan fingerprint density at radius 1 is 1.48 bits per heavy atom. The molecule has 2 amide bonds. The first-order valence-corrected chi connectivity index (χ1v) is 6.67. The van der Waals surface area contributed by atoms with E-state index in [1.54, 1.807) is 18.5 Å². The summed E-state index contributed by atoms with van der Waals surface area (Å²) in [6.45, 7) is 0.141. The lowest BCUT2D eigenvalue weighted by molar-refractivity contribution is -0.122. The molecule has 0 spiro atoms. The van der Waals surface area contributed by atoms with Gasteiger partial charge < -0.3 is 21.4 Å². The van der Waals surface area contributed by atoms with Crippen LogP contribution in [0, 0.1) is 0 Å². The maximum Gasteiger partial charge on any atom is 0.272 e. The molecule has 0 unspecified atom stereocenters. The summed E-state index contributed by atoms with van der Waals surface area (Å²) in [4.78, 5) is 26.3. The zero-order valence-corrected chi connectivity index (χ0v) is 11.3. The number of aromatic nitrogens is 3. The molecule has 5 N–H and O–H groups in total. The van der Waals surface area contributed by atoms with Crippen molar-refractivity contribution in [1.82, 2.24) is 20.1 Å². The fourth-order valence-corrected chi connectivity index (χ4v) is 1.90. The van der Waals surface area contributed by atoms with Crippen molar-refractivity contribution in [1.29, 1.82) is 0 Å². The van der Waals surface area contributed by atoms with Crippen molar-refractivity contribution >= 4 is 23.2 Å². The zero-order valence-electron chi connectivity index (χ0n) is 11.3. The van der Waals surface area contributed by atoms with E-state index < -0.39 is 0 Å². The second kappa shape index (κ2) is 5.31. The van der Waals surface area contributed by atoms with Crippen LogP contribution in [0.4, 0.5) is 11.4 Å². The standard InChI is InChI=1S/C13H16N6O2/c14-8-3-11(15-4-8)13(21)18-10-5-16-19(6-10)7-12(20)17-9-1-2-9/h3-6,9,15H,1-2,7,14H2,(H,17,20)(H,18,21). The third-order valence-electron chi connectivity index (χ3n) is 3.09. The molecule has 2 aromatic heterocycles. The molecular weight excluding hydrogens is 272 g/mol. The average molecular weight is 288 g/mol. The molecule has 1 fully saturated rings. The second-order valence-corrected chi connectivity index (χ2v) is 5.07. The van der Waals surface area contributed by atoms with Crippen molar-refractivity contribution in [3.05, 3.63) is 30.4 Å². The van der Waals surface area contributed by atoms with Gasteiger partial charge in [-0.25, -0.2) is 0 Å². The molecule has 2 aromatic rings. The van der Waals surface area contributed by atoms with Gasteiger partial charge in [0.05, 0.1) is 11.9 Å². The fourth-order valence-electron chi connectivity index (χ4n) is 1.90. The van der Waals surface area contributed by atoms with Crippen molar-refractivity contribution < 1.29 is 9.59 Å². The molecule has 0 aromatic carbocycles. The Labute approximate surface area is 120 Å². The number of rotatable bonds is 5. The van der Waals surface area contributed by atoms with Crippen LogP contribution in [-0.4, -0.2) is 32.6 Å². The van der Waals surface area contributed by atoms with E-state index in [0.29, 0.717) is 23.1 Å². The molecule has 110 valence electrons.